The topological polar surface area (TPSA) is 101 Å². The normalized spacial score (nSPS) is 10.5. The molecule has 0 aliphatic heterocycles. The molecule has 0 radical (unpaired) electrons. The van der Waals surface area contributed by atoms with E-state index in [2.05, 4.69) is 20.5 Å². The van der Waals surface area contributed by atoms with Crippen LogP contribution >= 0.6 is 0 Å². The smallest absolute Gasteiger partial charge is 0.258 e. The van der Waals surface area contributed by atoms with Crippen molar-refractivity contribution in [3.63, 3.8) is 0 Å². The van der Waals surface area contributed by atoms with Crippen molar-refractivity contribution in [1.29, 1.82) is 0 Å². The van der Waals surface area contributed by atoms with Gasteiger partial charge in [0.2, 0.25) is 5.75 Å². The van der Waals surface area contributed by atoms with E-state index < -0.39 is 0 Å². The van der Waals surface area contributed by atoms with Crippen LogP contribution in [0.1, 0.15) is 16.1 Å². The number of aryl methyl sites for hydroxylation is 1. The highest BCUT2D eigenvalue weighted by atomic mass is 16.5. The summed E-state index contributed by atoms with van der Waals surface area (Å²) >= 11 is 0. The number of carbonyl (C=O) groups is 1. The largest absolute Gasteiger partial charge is 0.493 e. The minimum absolute atomic E-state index is 0.230. The molecule has 0 bridgehead atoms. The van der Waals surface area contributed by atoms with Crippen molar-refractivity contribution >= 4 is 11.7 Å². The highest BCUT2D eigenvalue weighted by molar-refractivity contribution is 6.04. The molecule has 0 aliphatic carbocycles. The van der Waals surface area contributed by atoms with Gasteiger partial charge in [0.05, 0.1) is 32.6 Å². The zero-order valence-corrected chi connectivity index (χ0v) is 15.0. The van der Waals surface area contributed by atoms with E-state index in [0.717, 1.165) is 11.3 Å². The van der Waals surface area contributed by atoms with Crippen LogP contribution in [0.15, 0.2) is 30.5 Å². The maximum Gasteiger partial charge on any atom is 0.258 e. The number of carbonyl (C=O) groups excluding carboxylic acids is 1. The lowest BCUT2D eigenvalue weighted by atomic mass is 10.1. The predicted octanol–water partition coefficient (Wildman–Crippen LogP) is 2.99. The van der Waals surface area contributed by atoms with Gasteiger partial charge in [-0.25, -0.2) is 0 Å². The second kappa shape index (κ2) is 7.22. The van der Waals surface area contributed by atoms with Gasteiger partial charge in [0, 0.05) is 23.5 Å². The molecule has 8 nitrogen and oxygen atoms in total. The van der Waals surface area contributed by atoms with Crippen molar-refractivity contribution < 1.29 is 19.0 Å². The summed E-state index contributed by atoms with van der Waals surface area (Å²) in [5, 5.41) is 9.82. The van der Waals surface area contributed by atoms with Crippen molar-refractivity contribution in [2.45, 2.75) is 6.92 Å². The van der Waals surface area contributed by atoms with Gasteiger partial charge in [-0.2, -0.15) is 5.10 Å². The summed E-state index contributed by atoms with van der Waals surface area (Å²) in [6, 6.07) is 7.06. The number of ether oxygens (including phenoxy) is 3. The lowest BCUT2D eigenvalue weighted by molar-refractivity contribution is 0.102. The maximum atomic E-state index is 12.3. The molecular formula is C18H20N4O4. The molecule has 3 aromatic rings. The van der Waals surface area contributed by atoms with Crippen molar-refractivity contribution in [2.75, 3.05) is 26.6 Å². The Hall–Kier alpha value is -3.42. The number of methoxy groups -OCH3 is 3. The van der Waals surface area contributed by atoms with Gasteiger partial charge in [-0.1, -0.05) is 0 Å². The number of hydrogen-bond donors (Lipinski definition) is 3. The van der Waals surface area contributed by atoms with E-state index >= 15 is 0 Å². The molecule has 2 aromatic heterocycles. The first-order valence-corrected chi connectivity index (χ1v) is 7.88. The van der Waals surface area contributed by atoms with Gasteiger partial charge in [-0.15, -0.1) is 0 Å². The molecule has 1 amide bonds. The van der Waals surface area contributed by atoms with Gasteiger partial charge in [0.1, 0.15) is 0 Å². The highest BCUT2D eigenvalue weighted by Gasteiger charge is 2.16. The SMILES string of the molecule is COc1cc(-c2cc(NC(=O)c3cc[nH]c3C)n[nH]2)cc(OC)c1OC. The second-order valence-electron chi connectivity index (χ2n) is 5.55. The quantitative estimate of drug-likeness (QED) is 0.630. The molecule has 3 N–H and O–H groups in total. The van der Waals surface area contributed by atoms with Crippen LogP contribution < -0.4 is 19.5 Å². The van der Waals surface area contributed by atoms with E-state index in [-0.39, 0.29) is 5.91 Å². The third kappa shape index (κ3) is 3.21. The fourth-order valence-electron chi connectivity index (χ4n) is 2.65. The Balaban J connectivity index is 1.88. The van der Waals surface area contributed by atoms with Gasteiger partial charge >= 0.3 is 0 Å². The Morgan fingerprint density at radius 2 is 1.77 bits per heavy atom. The molecule has 0 aliphatic rings. The van der Waals surface area contributed by atoms with Crippen LogP contribution in [0.2, 0.25) is 0 Å². The number of H-pyrrole nitrogens is 2. The van der Waals surface area contributed by atoms with Gasteiger partial charge in [0.25, 0.3) is 5.91 Å². The zero-order chi connectivity index (χ0) is 18.7. The molecule has 0 spiro atoms. The minimum Gasteiger partial charge on any atom is -0.493 e. The maximum absolute atomic E-state index is 12.3. The average molecular weight is 356 g/mol. The number of rotatable bonds is 6. The van der Waals surface area contributed by atoms with Crippen molar-refractivity contribution in [2.24, 2.45) is 0 Å². The first kappa shape index (κ1) is 17.4. The lowest BCUT2D eigenvalue weighted by Crippen LogP contribution is -2.12. The number of anilines is 1. The van der Waals surface area contributed by atoms with E-state index in [1.807, 2.05) is 6.92 Å². The molecule has 0 saturated carbocycles. The summed E-state index contributed by atoms with van der Waals surface area (Å²) in [6.45, 7) is 1.83. The van der Waals surface area contributed by atoms with Gasteiger partial charge < -0.3 is 24.5 Å². The summed E-state index contributed by atoms with van der Waals surface area (Å²) in [5.41, 5.74) is 2.85. The summed E-state index contributed by atoms with van der Waals surface area (Å²) < 4.78 is 16.0. The van der Waals surface area contributed by atoms with Gasteiger partial charge in [-0.3, -0.25) is 9.89 Å². The average Bonchev–Trinajstić information content (AvgIpc) is 3.29. The number of amides is 1. The molecule has 26 heavy (non-hydrogen) atoms. The third-order valence-electron chi connectivity index (χ3n) is 3.99. The first-order valence-electron chi connectivity index (χ1n) is 7.88. The fraction of sp³-hybridized carbons (Fsp3) is 0.222. The Labute approximate surface area is 150 Å². The molecule has 3 rings (SSSR count). The molecule has 2 heterocycles. The Bertz CT molecular complexity index is 904. The molecule has 1 aromatic carbocycles. The van der Waals surface area contributed by atoms with E-state index in [4.69, 9.17) is 14.2 Å². The number of hydrogen-bond acceptors (Lipinski definition) is 5. The summed E-state index contributed by atoms with van der Waals surface area (Å²) in [6.07, 6.45) is 1.72. The molecular weight excluding hydrogens is 336 g/mol. The van der Waals surface area contributed by atoms with Crippen LogP contribution in [0, 0.1) is 6.92 Å². The lowest BCUT2D eigenvalue weighted by Gasteiger charge is -2.13. The zero-order valence-electron chi connectivity index (χ0n) is 15.0. The van der Waals surface area contributed by atoms with Crippen LogP contribution in [-0.4, -0.2) is 42.4 Å². The van der Waals surface area contributed by atoms with Crippen molar-refractivity contribution in [3.8, 4) is 28.5 Å². The van der Waals surface area contributed by atoms with E-state index in [1.54, 1.807) is 51.8 Å². The Morgan fingerprint density at radius 1 is 1.08 bits per heavy atom. The van der Waals surface area contributed by atoms with Gasteiger partial charge in [-0.05, 0) is 25.1 Å². The number of nitrogens with one attached hydrogen (secondary N) is 3. The molecule has 0 saturated heterocycles. The van der Waals surface area contributed by atoms with Crippen LogP contribution in [0.25, 0.3) is 11.3 Å². The number of benzene rings is 1. The molecule has 136 valence electrons. The summed E-state index contributed by atoms with van der Waals surface area (Å²) in [7, 11) is 4.66. The van der Waals surface area contributed by atoms with Crippen LogP contribution in [-0.2, 0) is 0 Å². The predicted molar refractivity (Wildman–Crippen MR) is 97.2 cm³/mol. The highest BCUT2D eigenvalue weighted by Crippen LogP contribution is 2.41. The number of nitrogens with zero attached hydrogens (tertiary/aromatic N) is 1. The number of aromatic amines is 2. The Morgan fingerprint density at radius 3 is 2.31 bits per heavy atom. The Kier molecular flexibility index (Phi) is 4.83. The minimum atomic E-state index is -0.230. The van der Waals surface area contributed by atoms with Crippen molar-refractivity contribution in [1.82, 2.24) is 15.2 Å². The van der Waals surface area contributed by atoms with Gasteiger partial charge in [0.15, 0.2) is 17.3 Å². The molecule has 0 atom stereocenters. The van der Waals surface area contributed by atoms with Crippen LogP contribution in [0.3, 0.4) is 0 Å². The molecule has 8 heteroatoms. The van der Waals surface area contributed by atoms with E-state index in [1.165, 1.54) is 0 Å². The molecule has 0 fully saturated rings. The second-order valence-corrected chi connectivity index (χ2v) is 5.55. The van der Waals surface area contributed by atoms with E-state index in [9.17, 15) is 4.79 Å². The van der Waals surface area contributed by atoms with E-state index in [0.29, 0.717) is 34.3 Å². The standard InChI is InChI=1S/C18H20N4O4/c1-10-12(5-6-19-10)18(23)20-16-9-13(21-22-16)11-7-14(24-2)17(26-4)15(8-11)25-3/h5-9,19H,1-4H3,(H2,20,21,22,23). The van der Waals surface area contributed by atoms with Crippen LogP contribution in [0.5, 0.6) is 17.2 Å². The third-order valence-corrected chi connectivity index (χ3v) is 3.99. The fourth-order valence-corrected chi connectivity index (χ4v) is 2.65. The van der Waals surface area contributed by atoms with Crippen LogP contribution in [0.4, 0.5) is 5.82 Å². The summed E-state index contributed by atoms with van der Waals surface area (Å²) in [4.78, 5) is 15.3. The van der Waals surface area contributed by atoms with Crippen molar-refractivity contribution in [3.05, 3.63) is 41.7 Å². The molecule has 0 unspecified atom stereocenters. The summed E-state index contributed by atoms with van der Waals surface area (Å²) in [5.74, 6) is 1.76. The monoisotopic (exact) mass is 356 g/mol. The number of aromatic nitrogens is 3. The first-order chi connectivity index (χ1) is 12.6.